The number of halogens is 2. The Bertz CT molecular complexity index is 1560. The molecule has 0 fully saturated rings. The third-order valence-corrected chi connectivity index (χ3v) is 10.7. The molecular weight excluding hydrogens is 731 g/mol. The summed E-state index contributed by atoms with van der Waals surface area (Å²) in [4.78, 5) is 13.2. The van der Waals surface area contributed by atoms with Crippen LogP contribution in [0.2, 0.25) is 0 Å². The summed E-state index contributed by atoms with van der Waals surface area (Å²) in [7, 11) is 0. The first-order chi connectivity index (χ1) is 28.6. The summed E-state index contributed by atoms with van der Waals surface area (Å²) in [6, 6.07) is 32.0. The maximum absolute atomic E-state index is 14.1. The number of unbranched alkanes of at least 4 members (excludes halogenated alkanes) is 14. The minimum absolute atomic E-state index is 0.00218. The second-order valence-corrected chi connectivity index (χ2v) is 15.5. The first-order valence-electron chi connectivity index (χ1n) is 22.2. The van der Waals surface area contributed by atoms with Crippen molar-refractivity contribution in [2.45, 2.75) is 135 Å². The van der Waals surface area contributed by atoms with E-state index in [2.05, 4.69) is 24.3 Å². The highest BCUT2D eigenvalue weighted by Gasteiger charge is 2.19. The monoisotopic (exact) mass is 799 g/mol. The highest BCUT2D eigenvalue weighted by molar-refractivity contribution is 5.72. The largest absolute Gasteiger partial charge is 0.494 e. The fraction of sp³-hybridized carbons (Fsp3) is 0.510. The summed E-state index contributed by atoms with van der Waals surface area (Å²) < 4.78 is 51.0. The first kappa shape index (κ1) is 46.6. The molecule has 0 aromatic heterocycles. The van der Waals surface area contributed by atoms with Gasteiger partial charge >= 0.3 is 5.97 Å². The predicted molar refractivity (Wildman–Crippen MR) is 232 cm³/mol. The van der Waals surface area contributed by atoms with Gasteiger partial charge in [-0.3, -0.25) is 4.79 Å². The Morgan fingerprint density at radius 2 is 0.931 bits per heavy atom. The minimum atomic E-state index is -0.843. The molecule has 4 aromatic rings. The van der Waals surface area contributed by atoms with Crippen molar-refractivity contribution in [1.82, 2.24) is 0 Å². The van der Waals surface area contributed by atoms with Crippen molar-refractivity contribution in [3.8, 4) is 16.9 Å². The van der Waals surface area contributed by atoms with Crippen molar-refractivity contribution in [3.05, 3.63) is 126 Å². The molecule has 4 rings (SSSR count). The van der Waals surface area contributed by atoms with E-state index in [0.29, 0.717) is 32.0 Å². The van der Waals surface area contributed by atoms with Crippen molar-refractivity contribution >= 4 is 5.97 Å². The molecule has 0 atom stereocenters. The van der Waals surface area contributed by atoms with Gasteiger partial charge in [-0.1, -0.05) is 168 Å². The topological polar surface area (TPSA) is 54.0 Å². The molecule has 0 spiro atoms. The van der Waals surface area contributed by atoms with Gasteiger partial charge in [-0.05, 0) is 73.4 Å². The van der Waals surface area contributed by atoms with Crippen LogP contribution in [0.3, 0.4) is 0 Å². The van der Waals surface area contributed by atoms with E-state index in [9.17, 15) is 13.6 Å². The zero-order valence-electron chi connectivity index (χ0n) is 34.9. The van der Waals surface area contributed by atoms with E-state index in [4.69, 9.17) is 18.9 Å². The van der Waals surface area contributed by atoms with Crippen LogP contribution in [0, 0.1) is 17.6 Å². The Balaban J connectivity index is 0.994. The highest BCUT2D eigenvalue weighted by atomic mass is 19.2. The van der Waals surface area contributed by atoms with Crippen molar-refractivity contribution < 1.29 is 32.5 Å². The van der Waals surface area contributed by atoms with Gasteiger partial charge in [-0.2, -0.15) is 0 Å². The summed E-state index contributed by atoms with van der Waals surface area (Å²) in [5, 5.41) is 0. The number of hydrogen-bond donors (Lipinski definition) is 0. The molecule has 0 aliphatic carbocycles. The second-order valence-electron chi connectivity index (χ2n) is 15.5. The van der Waals surface area contributed by atoms with E-state index in [-0.39, 0.29) is 17.5 Å². The van der Waals surface area contributed by atoms with Crippen LogP contribution in [-0.4, -0.2) is 32.4 Å². The van der Waals surface area contributed by atoms with E-state index in [1.54, 1.807) is 18.2 Å². The second kappa shape index (κ2) is 30.0. The van der Waals surface area contributed by atoms with Crippen LogP contribution in [0.15, 0.2) is 103 Å². The van der Waals surface area contributed by atoms with Crippen LogP contribution in [0.25, 0.3) is 11.1 Å². The van der Waals surface area contributed by atoms with Crippen molar-refractivity contribution in [3.63, 3.8) is 0 Å². The molecule has 0 N–H and O–H groups in total. The molecule has 4 aromatic carbocycles. The molecular formula is C51H68F2O5. The third kappa shape index (κ3) is 20.1. The molecule has 5 nitrogen and oxygen atoms in total. The van der Waals surface area contributed by atoms with E-state index in [1.807, 2.05) is 48.5 Å². The van der Waals surface area contributed by atoms with Gasteiger partial charge in [-0.15, -0.1) is 0 Å². The molecule has 0 heterocycles. The Labute approximate surface area is 347 Å². The SMILES string of the molecule is O=C(OCCCCCCCCCCCOc1ccc(-c2cccc(F)c2F)cc1)C(CCCCCCOCc1ccccc1)CCCCCCOCc1ccccc1. The lowest BCUT2D eigenvalue weighted by molar-refractivity contribution is -0.149. The molecule has 0 saturated heterocycles. The normalized spacial score (nSPS) is 11.3. The maximum Gasteiger partial charge on any atom is 0.308 e. The number of carbonyl (C=O) groups is 1. The minimum Gasteiger partial charge on any atom is -0.494 e. The zero-order valence-corrected chi connectivity index (χ0v) is 34.9. The van der Waals surface area contributed by atoms with Crippen molar-refractivity contribution in [2.24, 2.45) is 5.92 Å². The number of hydrogen-bond acceptors (Lipinski definition) is 5. The zero-order chi connectivity index (χ0) is 40.7. The smallest absolute Gasteiger partial charge is 0.308 e. The summed E-state index contributed by atoms with van der Waals surface area (Å²) >= 11 is 0. The fourth-order valence-corrected chi connectivity index (χ4v) is 7.19. The number of carbonyl (C=O) groups excluding carboxylic acids is 1. The van der Waals surface area contributed by atoms with E-state index < -0.39 is 11.6 Å². The molecule has 0 radical (unpaired) electrons. The van der Waals surface area contributed by atoms with Crippen LogP contribution >= 0.6 is 0 Å². The molecule has 0 aliphatic rings. The van der Waals surface area contributed by atoms with E-state index >= 15 is 0 Å². The average Bonchev–Trinajstić information content (AvgIpc) is 3.25. The van der Waals surface area contributed by atoms with Crippen LogP contribution in [-0.2, 0) is 32.2 Å². The van der Waals surface area contributed by atoms with Crippen molar-refractivity contribution in [2.75, 3.05) is 26.4 Å². The maximum atomic E-state index is 14.1. The summed E-state index contributed by atoms with van der Waals surface area (Å²) in [6.45, 7) is 4.04. The summed E-state index contributed by atoms with van der Waals surface area (Å²) in [5.74, 6) is -0.944. The lowest BCUT2D eigenvalue weighted by Gasteiger charge is -2.16. The van der Waals surface area contributed by atoms with Gasteiger partial charge < -0.3 is 18.9 Å². The van der Waals surface area contributed by atoms with Gasteiger partial charge in [0.05, 0.1) is 32.3 Å². The van der Waals surface area contributed by atoms with Gasteiger partial charge in [0.15, 0.2) is 11.6 Å². The molecule has 0 saturated carbocycles. The van der Waals surface area contributed by atoms with E-state index in [1.165, 1.54) is 49.3 Å². The van der Waals surface area contributed by atoms with Gasteiger partial charge in [0.25, 0.3) is 0 Å². The van der Waals surface area contributed by atoms with Crippen LogP contribution in [0.5, 0.6) is 5.75 Å². The highest BCUT2D eigenvalue weighted by Crippen LogP contribution is 2.27. The first-order valence-corrected chi connectivity index (χ1v) is 22.2. The Kier molecular flexibility index (Phi) is 24.1. The van der Waals surface area contributed by atoms with E-state index in [0.717, 1.165) is 115 Å². The van der Waals surface area contributed by atoms with Crippen LogP contribution < -0.4 is 4.74 Å². The Hall–Kier alpha value is -4.07. The summed E-state index contributed by atoms with van der Waals surface area (Å²) in [6.07, 6.45) is 20.6. The van der Waals surface area contributed by atoms with Gasteiger partial charge in [0.1, 0.15) is 5.75 Å². The fourth-order valence-electron chi connectivity index (χ4n) is 7.19. The lowest BCUT2D eigenvalue weighted by atomic mass is 9.94. The Morgan fingerprint density at radius 1 is 0.466 bits per heavy atom. The quantitative estimate of drug-likeness (QED) is 0.0355. The van der Waals surface area contributed by atoms with Gasteiger partial charge in [0.2, 0.25) is 0 Å². The number of ether oxygens (including phenoxy) is 4. The summed E-state index contributed by atoms with van der Waals surface area (Å²) in [5.41, 5.74) is 3.30. The standard InChI is InChI=1S/C51H68F2O5/c52-49-32-24-31-48(50(49)53)45-33-35-47(36-34-45)57-39-22-8-4-2-1-3-5-9-23-40-58-51(54)46(29-18-6-10-20-37-55-41-43-25-14-12-15-26-43)30-19-7-11-21-38-56-42-44-27-16-13-17-28-44/h12-17,24-28,31-36,46H,1-11,18-23,29-30,37-42H2. The van der Waals surface area contributed by atoms with Gasteiger partial charge in [0, 0.05) is 18.8 Å². The number of benzene rings is 4. The Morgan fingerprint density at radius 3 is 1.47 bits per heavy atom. The van der Waals surface area contributed by atoms with Crippen molar-refractivity contribution in [1.29, 1.82) is 0 Å². The van der Waals surface area contributed by atoms with Crippen LogP contribution in [0.4, 0.5) is 8.78 Å². The molecule has 0 unspecified atom stereocenters. The predicted octanol–water partition coefficient (Wildman–Crippen LogP) is 14.0. The molecule has 0 amide bonds. The lowest BCUT2D eigenvalue weighted by Crippen LogP contribution is -2.18. The molecule has 0 aliphatic heterocycles. The molecule has 7 heteroatoms. The molecule has 58 heavy (non-hydrogen) atoms. The van der Waals surface area contributed by atoms with Gasteiger partial charge in [-0.25, -0.2) is 8.78 Å². The number of esters is 1. The number of rotatable bonds is 33. The molecule has 316 valence electrons. The average molecular weight is 799 g/mol. The van der Waals surface area contributed by atoms with Crippen LogP contribution in [0.1, 0.15) is 133 Å². The molecule has 0 bridgehead atoms. The third-order valence-electron chi connectivity index (χ3n) is 10.7.